The molecule has 0 radical (unpaired) electrons. The summed E-state index contributed by atoms with van der Waals surface area (Å²) in [6, 6.07) is 10.8. The lowest BCUT2D eigenvalue weighted by Crippen LogP contribution is -2.33. The van der Waals surface area contributed by atoms with Crippen LogP contribution in [-0.4, -0.2) is 28.7 Å². The molecular formula is C13H19NO. The van der Waals surface area contributed by atoms with Gasteiger partial charge in [-0.05, 0) is 18.4 Å². The second-order valence-electron chi connectivity index (χ2n) is 4.29. The number of aliphatic hydroxyl groups excluding tert-OH is 1. The Morgan fingerprint density at radius 2 is 2.07 bits per heavy atom. The van der Waals surface area contributed by atoms with Crippen molar-refractivity contribution in [3.63, 3.8) is 0 Å². The quantitative estimate of drug-likeness (QED) is 0.816. The topological polar surface area (TPSA) is 23.5 Å². The summed E-state index contributed by atoms with van der Waals surface area (Å²) in [6.45, 7) is 4.14. The molecule has 0 bridgehead atoms. The molecule has 1 saturated heterocycles. The van der Waals surface area contributed by atoms with E-state index in [1.807, 2.05) is 6.07 Å². The Kier molecular flexibility index (Phi) is 3.39. The van der Waals surface area contributed by atoms with Crippen LogP contribution >= 0.6 is 0 Å². The Labute approximate surface area is 91.5 Å². The van der Waals surface area contributed by atoms with E-state index in [2.05, 4.69) is 36.1 Å². The highest BCUT2D eigenvalue weighted by molar-refractivity contribution is 5.15. The zero-order chi connectivity index (χ0) is 10.7. The Hall–Kier alpha value is -0.860. The molecular weight excluding hydrogens is 186 g/mol. The highest BCUT2D eigenvalue weighted by Crippen LogP contribution is 2.22. The molecule has 0 aliphatic carbocycles. The first kappa shape index (κ1) is 10.7. The van der Waals surface area contributed by atoms with E-state index in [0.29, 0.717) is 6.04 Å². The maximum atomic E-state index is 9.80. The summed E-state index contributed by atoms with van der Waals surface area (Å²) in [7, 11) is 0. The third kappa shape index (κ3) is 2.39. The van der Waals surface area contributed by atoms with Gasteiger partial charge < -0.3 is 5.11 Å². The molecule has 0 spiro atoms. The first-order chi connectivity index (χ1) is 7.31. The summed E-state index contributed by atoms with van der Waals surface area (Å²) in [6.07, 6.45) is 1.83. The van der Waals surface area contributed by atoms with Crippen molar-refractivity contribution >= 4 is 0 Å². The van der Waals surface area contributed by atoms with E-state index in [1.54, 1.807) is 0 Å². The first-order valence-corrected chi connectivity index (χ1v) is 5.77. The molecule has 0 saturated carbocycles. The number of likely N-dealkylation sites (tertiary alicyclic amines) is 1. The van der Waals surface area contributed by atoms with Gasteiger partial charge in [0.25, 0.3) is 0 Å². The second-order valence-corrected chi connectivity index (χ2v) is 4.29. The fraction of sp³-hybridized carbons (Fsp3) is 0.538. The van der Waals surface area contributed by atoms with Crippen molar-refractivity contribution in [1.29, 1.82) is 0 Å². The Morgan fingerprint density at radius 1 is 1.33 bits per heavy atom. The minimum atomic E-state index is -0.126. The molecule has 1 fully saturated rings. The van der Waals surface area contributed by atoms with Gasteiger partial charge in [-0.2, -0.15) is 0 Å². The van der Waals surface area contributed by atoms with Gasteiger partial charge in [0.15, 0.2) is 0 Å². The standard InChI is InChI=1S/C13H19NO/c1-2-12-13(15)8-9-14(12)10-11-6-4-3-5-7-11/h3-7,12-13,15H,2,8-10H2,1H3. The number of aliphatic hydroxyl groups is 1. The van der Waals surface area contributed by atoms with Crippen molar-refractivity contribution in [1.82, 2.24) is 4.90 Å². The maximum Gasteiger partial charge on any atom is 0.0707 e. The summed E-state index contributed by atoms with van der Waals surface area (Å²) in [5.41, 5.74) is 1.34. The van der Waals surface area contributed by atoms with Gasteiger partial charge in [-0.15, -0.1) is 0 Å². The second kappa shape index (κ2) is 4.77. The minimum absolute atomic E-state index is 0.126. The number of hydrogen-bond acceptors (Lipinski definition) is 2. The Balaban J connectivity index is 2.00. The Morgan fingerprint density at radius 3 is 2.73 bits per heavy atom. The van der Waals surface area contributed by atoms with Crippen LogP contribution in [0.1, 0.15) is 25.3 Å². The molecule has 15 heavy (non-hydrogen) atoms. The molecule has 2 nitrogen and oxygen atoms in total. The monoisotopic (exact) mass is 205 g/mol. The molecule has 2 heteroatoms. The molecule has 2 atom stereocenters. The van der Waals surface area contributed by atoms with Crippen LogP contribution in [-0.2, 0) is 6.54 Å². The molecule has 2 unspecified atom stereocenters. The summed E-state index contributed by atoms with van der Waals surface area (Å²) < 4.78 is 0. The van der Waals surface area contributed by atoms with E-state index < -0.39 is 0 Å². The van der Waals surface area contributed by atoms with Gasteiger partial charge in [-0.1, -0.05) is 37.3 Å². The van der Waals surface area contributed by atoms with Gasteiger partial charge in [-0.3, -0.25) is 4.90 Å². The first-order valence-electron chi connectivity index (χ1n) is 5.77. The SMILES string of the molecule is CCC1C(O)CCN1Cc1ccccc1. The third-order valence-corrected chi connectivity index (χ3v) is 3.27. The van der Waals surface area contributed by atoms with Crippen LogP contribution in [0.4, 0.5) is 0 Å². The molecule has 1 aliphatic rings. The molecule has 2 rings (SSSR count). The van der Waals surface area contributed by atoms with E-state index in [-0.39, 0.29) is 6.10 Å². The van der Waals surface area contributed by atoms with Crippen molar-refractivity contribution in [3.05, 3.63) is 35.9 Å². The third-order valence-electron chi connectivity index (χ3n) is 3.27. The minimum Gasteiger partial charge on any atom is -0.391 e. The summed E-state index contributed by atoms with van der Waals surface area (Å²) in [5.74, 6) is 0. The van der Waals surface area contributed by atoms with E-state index in [0.717, 1.165) is 25.9 Å². The normalized spacial score (nSPS) is 27.1. The average Bonchev–Trinajstić information content (AvgIpc) is 2.61. The lowest BCUT2D eigenvalue weighted by atomic mass is 10.1. The molecule has 1 aromatic rings. The molecule has 0 amide bonds. The molecule has 1 aliphatic heterocycles. The summed E-state index contributed by atoms with van der Waals surface area (Å²) >= 11 is 0. The van der Waals surface area contributed by atoms with Crippen LogP contribution in [0.15, 0.2) is 30.3 Å². The van der Waals surface area contributed by atoms with Crippen LogP contribution in [0, 0.1) is 0 Å². The van der Waals surface area contributed by atoms with Crippen molar-refractivity contribution < 1.29 is 5.11 Å². The average molecular weight is 205 g/mol. The molecule has 1 aromatic carbocycles. The zero-order valence-corrected chi connectivity index (χ0v) is 9.26. The Bertz CT molecular complexity index is 299. The van der Waals surface area contributed by atoms with Crippen molar-refractivity contribution in [3.8, 4) is 0 Å². The highest BCUT2D eigenvalue weighted by atomic mass is 16.3. The van der Waals surface area contributed by atoms with Gasteiger partial charge in [0.1, 0.15) is 0 Å². The van der Waals surface area contributed by atoms with E-state index in [1.165, 1.54) is 5.56 Å². The van der Waals surface area contributed by atoms with Crippen LogP contribution in [0.2, 0.25) is 0 Å². The summed E-state index contributed by atoms with van der Waals surface area (Å²) in [4.78, 5) is 2.39. The smallest absolute Gasteiger partial charge is 0.0707 e. The highest BCUT2D eigenvalue weighted by Gasteiger charge is 2.30. The van der Waals surface area contributed by atoms with E-state index >= 15 is 0 Å². The van der Waals surface area contributed by atoms with Gasteiger partial charge in [0, 0.05) is 19.1 Å². The van der Waals surface area contributed by atoms with Crippen molar-refractivity contribution in [2.75, 3.05) is 6.54 Å². The number of nitrogens with zero attached hydrogens (tertiary/aromatic N) is 1. The van der Waals surface area contributed by atoms with Crippen LogP contribution in [0.3, 0.4) is 0 Å². The van der Waals surface area contributed by atoms with Crippen LogP contribution in [0.5, 0.6) is 0 Å². The van der Waals surface area contributed by atoms with E-state index in [4.69, 9.17) is 0 Å². The number of benzene rings is 1. The van der Waals surface area contributed by atoms with Crippen LogP contribution < -0.4 is 0 Å². The summed E-state index contributed by atoms with van der Waals surface area (Å²) in [5, 5.41) is 9.80. The van der Waals surface area contributed by atoms with Crippen LogP contribution in [0.25, 0.3) is 0 Å². The lowest BCUT2D eigenvalue weighted by Gasteiger charge is -2.24. The maximum absolute atomic E-state index is 9.80. The predicted octanol–water partition coefficient (Wildman–Crippen LogP) is 2.03. The van der Waals surface area contributed by atoms with Gasteiger partial charge in [0.2, 0.25) is 0 Å². The van der Waals surface area contributed by atoms with Gasteiger partial charge in [-0.25, -0.2) is 0 Å². The molecule has 1 N–H and O–H groups in total. The zero-order valence-electron chi connectivity index (χ0n) is 9.26. The largest absolute Gasteiger partial charge is 0.391 e. The van der Waals surface area contributed by atoms with Gasteiger partial charge >= 0.3 is 0 Å². The number of rotatable bonds is 3. The van der Waals surface area contributed by atoms with Crippen molar-refractivity contribution in [2.45, 2.75) is 38.5 Å². The molecule has 1 heterocycles. The van der Waals surface area contributed by atoms with E-state index in [9.17, 15) is 5.11 Å². The fourth-order valence-corrected chi connectivity index (χ4v) is 2.44. The number of hydrogen-bond donors (Lipinski definition) is 1. The van der Waals surface area contributed by atoms with Crippen molar-refractivity contribution in [2.24, 2.45) is 0 Å². The fourth-order valence-electron chi connectivity index (χ4n) is 2.44. The molecule has 82 valence electrons. The predicted molar refractivity (Wildman–Crippen MR) is 61.6 cm³/mol. The van der Waals surface area contributed by atoms with Gasteiger partial charge in [0.05, 0.1) is 6.10 Å². The lowest BCUT2D eigenvalue weighted by molar-refractivity contribution is 0.110. The molecule has 0 aromatic heterocycles.